The maximum Gasteiger partial charge on any atom is 0.155 e. The van der Waals surface area contributed by atoms with E-state index in [0.717, 1.165) is 41.5 Å². The predicted molar refractivity (Wildman–Crippen MR) is 87.8 cm³/mol. The molecule has 0 N–H and O–H groups in total. The number of para-hydroxylation sites is 1. The molecule has 0 amide bonds. The maximum absolute atomic E-state index is 11.6. The molecule has 1 atom stereocenters. The van der Waals surface area contributed by atoms with Crippen LogP contribution in [0, 0.1) is 6.92 Å². The summed E-state index contributed by atoms with van der Waals surface area (Å²) in [5, 5.41) is 4.60. The molecule has 21 heavy (non-hydrogen) atoms. The largest absolute Gasteiger partial charge is 0.352 e. The Morgan fingerprint density at radius 1 is 1.33 bits per heavy atom. The monoisotopic (exact) mass is 301 g/mol. The zero-order chi connectivity index (χ0) is 14.8. The zero-order valence-electron chi connectivity index (χ0n) is 12.3. The summed E-state index contributed by atoms with van der Waals surface area (Å²) >= 11 is 1.96. The molecule has 0 radical (unpaired) electrons. The number of hydrogen-bond donors (Lipinski definition) is 0. The third kappa shape index (κ3) is 2.58. The van der Waals surface area contributed by atoms with Crippen molar-refractivity contribution >= 4 is 23.9 Å². The lowest BCUT2D eigenvalue weighted by atomic mass is 10.2. The van der Waals surface area contributed by atoms with Crippen molar-refractivity contribution in [3.8, 4) is 5.69 Å². The van der Waals surface area contributed by atoms with Gasteiger partial charge in [0.1, 0.15) is 5.82 Å². The van der Waals surface area contributed by atoms with Gasteiger partial charge in [-0.25, -0.2) is 4.68 Å². The summed E-state index contributed by atoms with van der Waals surface area (Å²) in [6.07, 6.45) is 0.936. The van der Waals surface area contributed by atoms with E-state index in [0.29, 0.717) is 11.6 Å². The molecule has 0 aliphatic carbocycles. The number of benzene rings is 1. The first kappa shape index (κ1) is 14.2. The Balaban J connectivity index is 2.15. The van der Waals surface area contributed by atoms with E-state index in [-0.39, 0.29) is 0 Å². The van der Waals surface area contributed by atoms with Gasteiger partial charge in [-0.2, -0.15) is 16.9 Å². The van der Waals surface area contributed by atoms with Crippen molar-refractivity contribution < 1.29 is 4.79 Å². The standard InChI is InChI=1S/C16H19N3OS/c1-12-11-21-9-8-18(12)16-15(10-20)13(2)17-19(16)14-6-4-3-5-7-14/h3-7,10,12H,8-9,11H2,1-2H3. The van der Waals surface area contributed by atoms with Crippen LogP contribution in [0.5, 0.6) is 0 Å². The first-order valence-electron chi connectivity index (χ1n) is 7.17. The van der Waals surface area contributed by atoms with Crippen molar-refractivity contribution in [1.82, 2.24) is 9.78 Å². The molecule has 1 fully saturated rings. The lowest BCUT2D eigenvalue weighted by molar-refractivity contribution is 0.112. The van der Waals surface area contributed by atoms with Crippen molar-refractivity contribution in [1.29, 1.82) is 0 Å². The van der Waals surface area contributed by atoms with E-state index in [4.69, 9.17) is 0 Å². The van der Waals surface area contributed by atoms with E-state index in [9.17, 15) is 4.79 Å². The molecule has 1 saturated heterocycles. The molecule has 1 aromatic carbocycles. The van der Waals surface area contributed by atoms with E-state index in [1.165, 1.54) is 0 Å². The number of anilines is 1. The number of nitrogens with zero attached hydrogens (tertiary/aromatic N) is 3. The normalized spacial score (nSPS) is 18.8. The first-order chi connectivity index (χ1) is 10.2. The molecule has 4 nitrogen and oxygen atoms in total. The summed E-state index contributed by atoms with van der Waals surface area (Å²) in [5.74, 6) is 3.10. The van der Waals surface area contributed by atoms with Crippen LogP contribution in [0.4, 0.5) is 5.82 Å². The highest BCUT2D eigenvalue weighted by molar-refractivity contribution is 7.99. The van der Waals surface area contributed by atoms with E-state index < -0.39 is 0 Å². The van der Waals surface area contributed by atoms with Gasteiger partial charge in [0.2, 0.25) is 0 Å². The second-order valence-corrected chi connectivity index (χ2v) is 6.46. The quantitative estimate of drug-likeness (QED) is 0.817. The fourth-order valence-electron chi connectivity index (χ4n) is 2.73. The van der Waals surface area contributed by atoms with Crippen molar-refractivity contribution in [3.05, 3.63) is 41.6 Å². The van der Waals surface area contributed by atoms with Gasteiger partial charge in [0, 0.05) is 24.1 Å². The molecule has 110 valence electrons. The highest BCUT2D eigenvalue weighted by Crippen LogP contribution is 2.30. The van der Waals surface area contributed by atoms with Gasteiger partial charge < -0.3 is 4.90 Å². The van der Waals surface area contributed by atoms with Gasteiger partial charge in [0.05, 0.1) is 16.9 Å². The van der Waals surface area contributed by atoms with Gasteiger partial charge in [-0.15, -0.1) is 0 Å². The lowest BCUT2D eigenvalue weighted by Crippen LogP contribution is -2.42. The fraction of sp³-hybridized carbons (Fsp3) is 0.375. The zero-order valence-corrected chi connectivity index (χ0v) is 13.1. The van der Waals surface area contributed by atoms with Gasteiger partial charge in [0.15, 0.2) is 6.29 Å². The number of thioether (sulfide) groups is 1. The molecule has 0 spiro atoms. The van der Waals surface area contributed by atoms with Crippen molar-refractivity contribution in [2.75, 3.05) is 23.0 Å². The van der Waals surface area contributed by atoms with E-state index >= 15 is 0 Å². The molecular formula is C16H19N3OS. The lowest BCUT2D eigenvalue weighted by Gasteiger charge is -2.35. The van der Waals surface area contributed by atoms with Crippen LogP contribution in [-0.4, -0.2) is 40.2 Å². The van der Waals surface area contributed by atoms with E-state index in [1.807, 2.05) is 53.7 Å². The summed E-state index contributed by atoms with van der Waals surface area (Å²) in [6.45, 7) is 5.05. The van der Waals surface area contributed by atoms with Crippen LogP contribution in [-0.2, 0) is 0 Å². The van der Waals surface area contributed by atoms with Gasteiger partial charge in [-0.3, -0.25) is 4.79 Å². The maximum atomic E-state index is 11.6. The molecule has 0 saturated carbocycles. The Kier molecular flexibility index (Phi) is 4.01. The molecule has 1 aliphatic heterocycles. The molecule has 1 unspecified atom stereocenters. The van der Waals surface area contributed by atoms with Crippen LogP contribution in [0.2, 0.25) is 0 Å². The first-order valence-corrected chi connectivity index (χ1v) is 8.32. The minimum Gasteiger partial charge on any atom is -0.352 e. The van der Waals surface area contributed by atoms with E-state index in [2.05, 4.69) is 16.9 Å². The average Bonchev–Trinajstić information content (AvgIpc) is 2.85. The van der Waals surface area contributed by atoms with Gasteiger partial charge in [-0.1, -0.05) is 18.2 Å². The third-order valence-electron chi connectivity index (χ3n) is 3.84. The molecule has 1 aliphatic rings. The average molecular weight is 301 g/mol. The van der Waals surface area contributed by atoms with Crippen LogP contribution in [0.3, 0.4) is 0 Å². The number of hydrogen-bond acceptors (Lipinski definition) is 4. The number of aldehydes is 1. The number of aryl methyl sites for hydroxylation is 1. The van der Waals surface area contributed by atoms with Crippen molar-refractivity contribution in [2.45, 2.75) is 19.9 Å². The minimum atomic E-state index is 0.404. The second-order valence-electron chi connectivity index (χ2n) is 5.31. The second kappa shape index (κ2) is 5.93. The van der Waals surface area contributed by atoms with Crippen LogP contribution in [0.25, 0.3) is 5.69 Å². The molecule has 2 aromatic rings. The Morgan fingerprint density at radius 2 is 2.10 bits per heavy atom. The Morgan fingerprint density at radius 3 is 2.76 bits per heavy atom. The number of rotatable bonds is 3. The Labute approximate surface area is 129 Å². The van der Waals surface area contributed by atoms with Crippen LogP contribution in [0.1, 0.15) is 23.0 Å². The number of carbonyl (C=O) groups excluding carboxylic acids is 1. The third-order valence-corrected chi connectivity index (χ3v) is 5.03. The van der Waals surface area contributed by atoms with Crippen molar-refractivity contribution in [3.63, 3.8) is 0 Å². The molecule has 2 heterocycles. The Bertz CT molecular complexity index is 638. The SMILES string of the molecule is Cc1nn(-c2ccccc2)c(N2CCSCC2C)c1C=O. The molecule has 3 rings (SSSR count). The topological polar surface area (TPSA) is 38.1 Å². The highest BCUT2D eigenvalue weighted by atomic mass is 32.2. The molecular weight excluding hydrogens is 282 g/mol. The Hall–Kier alpha value is -1.75. The van der Waals surface area contributed by atoms with Gasteiger partial charge in [0.25, 0.3) is 0 Å². The van der Waals surface area contributed by atoms with Crippen molar-refractivity contribution in [2.24, 2.45) is 0 Å². The number of carbonyl (C=O) groups is 1. The van der Waals surface area contributed by atoms with E-state index in [1.54, 1.807) is 0 Å². The fourth-order valence-corrected chi connectivity index (χ4v) is 3.75. The molecule has 1 aromatic heterocycles. The summed E-state index contributed by atoms with van der Waals surface area (Å²) in [4.78, 5) is 13.9. The van der Waals surface area contributed by atoms with Gasteiger partial charge >= 0.3 is 0 Å². The molecule has 5 heteroatoms. The highest BCUT2D eigenvalue weighted by Gasteiger charge is 2.27. The number of aromatic nitrogens is 2. The summed E-state index contributed by atoms with van der Waals surface area (Å²) in [7, 11) is 0. The molecule has 0 bridgehead atoms. The van der Waals surface area contributed by atoms with Crippen LogP contribution < -0.4 is 4.90 Å². The summed E-state index contributed by atoms with van der Waals surface area (Å²) in [6, 6.07) is 10.4. The predicted octanol–water partition coefficient (Wildman–Crippen LogP) is 2.93. The van der Waals surface area contributed by atoms with Gasteiger partial charge in [-0.05, 0) is 26.0 Å². The van der Waals surface area contributed by atoms with Crippen LogP contribution in [0.15, 0.2) is 30.3 Å². The summed E-state index contributed by atoms with van der Waals surface area (Å²) in [5.41, 5.74) is 2.49. The minimum absolute atomic E-state index is 0.404. The smallest absolute Gasteiger partial charge is 0.155 e. The summed E-state index contributed by atoms with van der Waals surface area (Å²) < 4.78 is 1.91. The van der Waals surface area contributed by atoms with Crippen LogP contribution >= 0.6 is 11.8 Å².